The van der Waals surface area contributed by atoms with Gasteiger partial charge in [-0.2, -0.15) is 0 Å². The zero-order valence-corrected chi connectivity index (χ0v) is 11.6. The predicted molar refractivity (Wildman–Crippen MR) is 82.0 cm³/mol. The van der Waals surface area contributed by atoms with Crippen LogP contribution in [0.15, 0.2) is 36.4 Å². The smallest absolute Gasteiger partial charge is 0.126 e. The van der Waals surface area contributed by atoms with Crippen molar-refractivity contribution in [2.45, 2.75) is 27.2 Å². The lowest BCUT2D eigenvalue weighted by atomic mass is 9.91. The lowest BCUT2D eigenvalue weighted by Crippen LogP contribution is -1.91. The Balaban J connectivity index is 2.60. The molecule has 0 bridgehead atoms. The van der Waals surface area contributed by atoms with Gasteiger partial charge in [0.25, 0.3) is 0 Å². The summed E-state index contributed by atoms with van der Waals surface area (Å²) in [6.07, 6.45) is 0.854. The van der Waals surface area contributed by atoms with Crippen LogP contribution in [0.4, 0.5) is 0 Å². The minimum absolute atomic E-state index is 0.450. The van der Waals surface area contributed by atoms with Gasteiger partial charge in [0.15, 0.2) is 0 Å². The summed E-state index contributed by atoms with van der Waals surface area (Å²) in [5.41, 5.74) is 3.43. The zero-order chi connectivity index (χ0) is 13.6. The number of phenolic OH excluding ortho intramolecular Hbond substituents is 1. The van der Waals surface area contributed by atoms with Gasteiger partial charge in [-0.05, 0) is 53.1 Å². The Bertz CT molecular complexity index is 785. The molecule has 3 aromatic rings. The summed E-state index contributed by atoms with van der Waals surface area (Å²) >= 11 is 0. The lowest BCUT2D eigenvalue weighted by Gasteiger charge is -2.15. The topological polar surface area (TPSA) is 20.2 Å². The molecular formula is C18H18O. The van der Waals surface area contributed by atoms with Gasteiger partial charge in [-0.25, -0.2) is 0 Å². The molecule has 0 aliphatic heterocycles. The maximum absolute atomic E-state index is 10.5. The number of aromatic hydroxyl groups is 1. The highest BCUT2D eigenvalue weighted by molar-refractivity contribution is 6.07. The van der Waals surface area contributed by atoms with Crippen LogP contribution in [-0.2, 0) is 6.42 Å². The second-order valence-corrected chi connectivity index (χ2v) is 5.14. The Hall–Kier alpha value is -2.02. The molecule has 1 nitrogen and oxygen atoms in total. The number of rotatable bonds is 1. The molecule has 0 amide bonds. The first-order chi connectivity index (χ1) is 9.15. The van der Waals surface area contributed by atoms with Gasteiger partial charge in [0.1, 0.15) is 5.75 Å². The fourth-order valence-electron chi connectivity index (χ4n) is 3.03. The highest BCUT2D eigenvalue weighted by Gasteiger charge is 2.13. The van der Waals surface area contributed by atoms with E-state index in [9.17, 15) is 5.11 Å². The van der Waals surface area contributed by atoms with E-state index in [-0.39, 0.29) is 0 Å². The summed E-state index contributed by atoms with van der Waals surface area (Å²) in [4.78, 5) is 0. The highest BCUT2D eigenvalue weighted by Crippen LogP contribution is 2.38. The molecule has 1 heteroatoms. The van der Waals surface area contributed by atoms with Crippen molar-refractivity contribution in [3.63, 3.8) is 0 Å². The summed E-state index contributed by atoms with van der Waals surface area (Å²) in [5.74, 6) is 0.450. The molecule has 1 N–H and O–H groups in total. The van der Waals surface area contributed by atoms with E-state index in [2.05, 4.69) is 51.1 Å². The molecule has 0 radical (unpaired) electrons. The third-order valence-corrected chi connectivity index (χ3v) is 4.16. The van der Waals surface area contributed by atoms with E-state index in [1.54, 1.807) is 0 Å². The van der Waals surface area contributed by atoms with Crippen molar-refractivity contribution in [1.82, 2.24) is 0 Å². The molecule has 19 heavy (non-hydrogen) atoms. The molecule has 0 fully saturated rings. The van der Waals surface area contributed by atoms with Crippen LogP contribution in [0.3, 0.4) is 0 Å². The van der Waals surface area contributed by atoms with Crippen molar-refractivity contribution in [3.8, 4) is 5.75 Å². The van der Waals surface area contributed by atoms with Gasteiger partial charge in [-0.1, -0.05) is 43.3 Å². The minimum atomic E-state index is 0.450. The minimum Gasteiger partial charge on any atom is -0.507 e. The van der Waals surface area contributed by atoms with Gasteiger partial charge in [-0.3, -0.25) is 0 Å². The third-order valence-electron chi connectivity index (χ3n) is 4.16. The molecule has 0 heterocycles. The first-order valence-electron chi connectivity index (χ1n) is 6.77. The first-order valence-corrected chi connectivity index (χ1v) is 6.77. The number of hydrogen-bond acceptors (Lipinski definition) is 1. The van der Waals surface area contributed by atoms with Crippen LogP contribution in [0.2, 0.25) is 0 Å². The first kappa shape index (κ1) is 12.0. The molecule has 0 aromatic heterocycles. The molecule has 0 aliphatic rings. The second-order valence-electron chi connectivity index (χ2n) is 5.14. The molecule has 0 unspecified atom stereocenters. The summed E-state index contributed by atoms with van der Waals surface area (Å²) in [6.45, 7) is 6.31. The van der Waals surface area contributed by atoms with Gasteiger partial charge in [0.05, 0.1) is 0 Å². The monoisotopic (exact) mass is 250 g/mol. The summed E-state index contributed by atoms with van der Waals surface area (Å²) < 4.78 is 0. The van der Waals surface area contributed by atoms with Crippen LogP contribution in [0.25, 0.3) is 21.5 Å². The average Bonchev–Trinajstić information content (AvgIpc) is 2.44. The Morgan fingerprint density at radius 3 is 2.11 bits per heavy atom. The third kappa shape index (κ3) is 1.61. The fourth-order valence-corrected chi connectivity index (χ4v) is 3.03. The molecule has 0 atom stereocenters. The van der Waals surface area contributed by atoms with Crippen LogP contribution >= 0.6 is 0 Å². The molecule has 0 aliphatic carbocycles. The number of benzene rings is 3. The normalized spacial score (nSPS) is 11.3. The van der Waals surface area contributed by atoms with Crippen molar-refractivity contribution in [2.24, 2.45) is 0 Å². The van der Waals surface area contributed by atoms with Crippen LogP contribution in [-0.4, -0.2) is 5.11 Å². The largest absolute Gasteiger partial charge is 0.507 e. The van der Waals surface area contributed by atoms with Crippen molar-refractivity contribution < 1.29 is 5.11 Å². The Morgan fingerprint density at radius 2 is 1.47 bits per heavy atom. The zero-order valence-electron chi connectivity index (χ0n) is 11.6. The molecule has 3 rings (SSSR count). The quantitative estimate of drug-likeness (QED) is 0.610. The summed E-state index contributed by atoms with van der Waals surface area (Å²) in [7, 11) is 0. The van der Waals surface area contributed by atoms with Crippen molar-refractivity contribution in [1.29, 1.82) is 0 Å². The second kappa shape index (κ2) is 4.27. The van der Waals surface area contributed by atoms with Crippen molar-refractivity contribution in [2.75, 3.05) is 0 Å². The lowest BCUT2D eigenvalue weighted by molar-refractivity contribution is 0.475. The van der Waals surface area contributed by atoms with E-state index in [4.69, 9.17) is 0 Å². The predicted octanol–water partition coefficient (Wildman–Crippen LogP) is 4.88. The van der Waals surface area contributed by atoms with Crippen molar-refractivity contribution >= 4 is 21.5 Å². The highest BCUT2D eigenvalue weighted by atomic mass is 16.3. The Morgan fingerprint density at radius 1 is 0.842 bits per heavy atom. The maximum Gasteiger partial charge on any atom is 0.126 e. The van der Waals surface area contributed by atoms with Gasteiger partial charge in [-0.15, -0.1) is 0 Å². The Kier molecular flexibility index (Phi) is 2.70. The number of fused-ring (bicyclic) bond motifs is 2. The molecule has 3 aromatic carbocycles. The maximum atomic E-state index is 10.5. The van der Waals surface area contributed by atoms with Gasteiger partial charge in [0.2, 0.25) is 0 Å². The molecule has 0 saturated heterocycles. The molecule has 0 spiro atoms. The van der Waals surface area contributed by atoms with Crippen LogP contribution in [0.5, 0.6) is 5.75 Å². The average molecular weight is 250 g/mol. The van der Waals surface area contributed by atoms with E-state index < -0.39 is 0 Å². The van der Waals surface area contributed by atoms with Crippen LogP contribution < -0.4 is 0 Å². The van der Waals surface area contributed by atoms with Gasteiger partial charge < -0.3 is 5.11 Å². The van der Waals surface area contributed by atoms with E-state index in [0.717, 1.165) is 22.8 Å². The molecule has 96 valence electrons. The van der Waals surface area contributed by atoms with E-state index in [1.165, 1.54) is 21.9 Å². The van der Waals surface area contributed by atoms with Crippen LogP contribution in [0, 0.1) is 13.8 Å². The van der Waals surface area contributed by atoms with Crippen LogP contribution in [0.1, 0.15) is 23.6 Å². The molecule has 0 saturated carbocycles. The van der Waals surface area contributed by atoms with E-state index in [0.29, 0.717) is 5.75 Å². The number of phenols is 1. The van der Waals surface area contributed by atoms with Gasteiger partial charge >= 0.3 is 0 Å². The SMILES string of the molecule is CCc1ccc2c(C)c3ccccc3c(C)c2c1O. The Labute approximate surface area is 113 Å². The standard InChI is InChI=1S/C18H18O/c1-4-13-9-10-16-11(2)14-7-5-6-8-15(14)12(3)17(16)18(13)19/h5-10,19H,4H2,1-3H3. The summed E-state index contributed by atoms with van der Waals surface area (Å²) in [6, 6.07) is 12.6. The number of hydrogen-bond donors (Lipinski definition) is 1. The van der Waals surface area contributed by atoms with Gasteiger partial charge in [0, 0.05) is 5.39 Å². The molecular weight excluding hydrogens is 232 g/mol. The summed E-state index contributed by atoms with van der Waals surface area (Å²) in [5, 5.41) is 15.2. The van der Waals surface area contributed by atoms with Crippen molar-refractivity contribution in [3.05, 3.63) is 53.1 Å². The van der Waals surface area contributed by atoms with E-state index in [1.807, 2.05) is 6.07 Å². The van der Waals surface area contributed by atoms with E-state index >= 15 is 0 Å². The fraction of sp³-hybridized carbons (Fsp3) is 0.222. The number of aryl methyl sites for hydroxylation is 3.